The lowest BCUT2D eigenvalue weighted by Crippen LogP contribution is -2.16. The molecular weight excluding hydrogens is 268 g/mol. The van der Waals surface area contributed by atoms with Gasteiger partial charge in [-0.1, -0.05) is 71.2 Å². The SMILES string of the molecule is CC(C)P(/C=C/NCCP(C(C)C)C(C)C)C(C)C. The average molecular weight is 303 g/mol. The summed E-state index contributed by atoms with van der Waals surface area (Å²) in [5, 5.41) is 3.52. The molecule has 0 rings (SSSR count). The van der Waals surface area contributed by atoms with Crippen molar-refractivity contribution in [3.05, 3.63) is 12.0 Å². The second kappa shape index (κ2) is 10.2. The summed E-state index contributed by atoms with van der Waals surface area (Å²) in [6, 6.07) is 0. The third-order valence-corrected chi connectivity index (χ3v) is 9.67. The van der Waals surface area contributed by atoms with E-state index in [9.17, 15) is 0 Å². The lowest BCUT2D eigenvalue weighted by atomic mass is 10.5. The molecule has 114 valence electrons. The summed E-state index contributed by atoms with van der Waals surface area (Å²) in [7, 11) is 0.200. The van der Waals surface area contributed by atoms with Crippen LogP contribution in [-0.4, -0.2) is 35.3 Å². The van der Waals surface area contributed by atoms with Crippen molar-refractivity contribution in [1.29, 1.82) is 0 Å². The van der Waals surface area contributed by atoms with Gasteiger partial charge in [0.1, 0.15) is 0 Å². The number of hydrogen-bond acceptors (Lipinski definition) is 1. The fourth-order valence-corrected chi connectivity index (χ4v) is 7.24. The maximum absolute atomic E-state index is 3.52. The van der Waals surface area contributed by atoms with E-state index in [1.807, 2.05) is 0 Å². The summed E-state index contributed by atoms with van der Waals surface area (Å²) >= 11 is 0. The van der Waals surface area contributed by atoms with Gasteiger partial charge in [-0.25, -0.2) is 0 Å². The van der Waals surface area contributed by atoms with Gasteiger partial charge in [0, 0.05) is 6.54 Å². The average Bonchev–Trinajstić information content (AvgIpc) is 2.25. The Balaban J connectivity index is 4.08. The predicted octanol–water partition coefficient (Wildman–Crippen LogP) is 5.64. The van der Waals surface area contributed by atoms with Crippen molar-refractivity contribution in [3.63, 3.8) is 0 Å². The van der Waals surface area contributed by atoms with E-state index in [4.69, 9.17) is 0 Å². The van der Waals surface area contributed by atoms with E-state index in [0.717, 1.165) is 29.2 Å². The van der Waals surface area contributed by atoms with Crippen molar-refractivity contribution in [2.45, 2.75) is 78.0 Å². The van der Waals surface area contributed by atoms with Crippen LogP contribution in [0, 0.1) is 0 Å². The fraction of sp³-hybridized carbons (Fsp3) is 0.875. The van der Waals surface area contributed by atoms with Gasteiger partial charge in [0.25, 0.3) is 0 Å². The molecule has 0 saturated carbocycles. The molecule has 0 unspecified atom stereocenters. The van der Waals surface area contributed by atoms with Crippen molar-refractivity contribution in [2.75, 3.05) is 12.7 Å². The topological polar surface area (TPSA) is 12.0 Å². The molecule has 0 heterocycles. The van der Waals surface area contributed by atoms with Gasteiger partial charge in [-0.3, -0.25) is 0 Å². The summed E-state index contributed by atoms with van der Waals surface area (Å²) in [5.41, 5.74) is 3.28. The second-order valence-corrected chi connectivity index (χ2v) is 13.1. The molecule has 0 bridgehead atoms. The minimum Gasteiger partial charge on any atom is -0.391 e. The van der Waals surface area contributed by atoms with E-state index in [1.54, 1.807) is 0 Å². The van der Waals surface area contributed by atoms with Crippen LogP contribution in [0.15, 0.2) is 12.0 Å². The molecule has 0 aromatic carbocycles. The quantitative estimate of drug-likeness (QED) is 0.429. The minimum absolute atomic E-state index is 0.0267. The fourth-order valence-electron chi connectivity index (χ4n) is 2.47. The second-order valence-electron chi connectivity index (χ2n) is 6.33. The Kier molecular flexibility index (Phi) is 10.4. The van der Waals surface area contributed by atoms with Crippen molar-refractivity contribution < 1.29 is 0 Å². The Bertz CT molecular complexity index is 231. The Labute approximate surface area is 124 Å². The zero-order valence-electron chi connectivity index (χ0n) is 14.3. The monoisotopic (exact) mass is 303 g/mol. The summed E-state index contributed by atoms with van der Waals surface area (Å²) in [6.45, 7) is 20.0. The molecule has 0 aliphatic rings. The molecule has 0 aromatic rings. The van der Waals surface area contributed by atoms with Gasteiger partial charge in [0.2, 0.25) is 0 Å². The lowest BCUT2D eigenvalue weighted by Gasteiger charge is -2.26. The Morgan fingerprint density at radius 3 is 1.63 bits per heavy atom. The van der Waals surface area contributed by atoms with Crippen LogP contribution in [0.3, 0.4) is 0 Å². The Morgan fingerprint density at radius 1 is 0.789 bits per heavy atom. The number of hydrogen-bond donors (Lipinski definition) is 1. The Morgan fingerprint density at radius 2 is 1.26 bits per heavy atom. The van der Waals surface area contributed by atoms with E-state index in [-0.39, 0.29) is 15.8 Å². The van der Waals surface area contributed by atoms with Gasteiger partial charge in [-0.05, 0) is 40.8 Å². The number of nitrogens with one attached hydrogen (secondary N) is 1. The highest BCUT2D eigenvalue weighted by Crippen LogP contribution is 2.47. The van der Waals surface area contributed by atoms with Crippen LogP contribution < -0.4 is 5.32 Å². The van der Waals surface area contributed by atoms with Crippen LogP contribution in [0.5, 0.6) is 0 Å². The first-order valence-electron chi connectivity index (χ1n) is 7.70. The smallest absolute Gasteiger partial charge is 0.0181 e. The lowest BCUT2D eigenvalue weighted by molar-refractivity contribution is 0.901. The maximum atomic E-state index is 3.52. The van der Waals surface area contributed by atoms with E-state index < -0.39 is 0 Å². The van der Waals surface area contributed by atoms with Gasteiger partial charge < -0.3 is 5.32 Å². The van der Waals surface area contributed by atoms with E-state index in [0.29, 0.717) is 0 Å². The van der Waals surface area contributed by atoms with Crippen molar-refractivity contribution in [3.8, 4) is 0 Å². The third kappa shape index (κ3) is 8.31. The zero-order valence-corrected chi connectivity index (χ0v) is 16.1. The molecule has 0 spiro atoms. The van der Waals surface area contributed by atoms with E-state index in [1.165, 1.54) is 6.16 Å². The van der Waals surface area contributed by atoms with Gasteiger partial charge in [0.15, 0.2) is 0 Å². The van der Waals surface area contributed by atoms with E-state index >= 15 is 0 Å². The predicted molar refractivity (Wildman–Crippen MR) is 96.4 cm³/mol. The first-order valence-corrected chi connectivity index (χ1v) is 10.9. The maximum Gasteiger partial charge on any atom is 0.0181 e. The summed E-state index contributed by atoms with van der Waals surface area (Å²) in [5.74, 6) is 2.43. The molecule has 3 heteroatoms. The van der Waals surface area contributed by atoms with Crippen LogP contribution in [0.2, 0.25) is 0 Å². The molecule has 0 fully saturated rings. The number of rotatable bonds is 9. The standard InChI is InChI=1S/C16H35NP2/c1-13(2)18(14(3)4)11-9-17-10-12-19(15(5)6)16(7)8/h9,11,13-17H,10,12H2,1-8H3/b11-9+. The highest BCUT2D eigenvalue weighted by molar-refractivity contribution is 7.62. The normalized spacial score (nSPS) is 13.2. The van der Waals surface area contributed by atoms with Gasteiger partial charge >= 0.3 is 0 Å². The first-order chi connectivity index (χ1) is 8.77. The van der Waals surface area contributed by atoms with Crippen LogP contribution >= 0.6 is 15.8 Å². The summed E-state index contributed by atoms with van der Waals surface area (Å²) in [4.78, 5) is 0. The molecule has 19 heavy (non-hydrogen) atoms. The largest absolute Gasteiger partial charge is 0.391 e. The van der Waals surface area contributed by atoms with Gasteiger partial charge in [-0.15, -0.1) is 0 Å². The molecular formula is C16H35NP2. The molecule has 0 atom stereocenters. The first kappa shape index (κ1) is 19.4. The van der Waals surface area contributed by atoms with Crippen LogP contribution in [0.1, 0.15) is 55.4 Å². The third-order valence-electron chi connectivity index (χ3n) is 3.40. The molecule has 0 saturated heterocycles. The van der Waals surface area contributed by atoms with Crippen molar-refractivity contribution in [1.82, 2.24) is 5.32 Å². The molecule has 0 aliphatic heterocycles. The van der Waals surface area contributed by atoms with E-state index in [2.05, 4.69) is 72.7 Å². The highest BCUT2D eigenvalue weighted by Gasteiger charge is 2.15. The van der Waals surface area contributed by atoms with Gasteiger partial charge in [0.05, 0.1) is 0 Å². The molecule has 0 amide bonds. The molecule has 0 aliphatic carbocycles. The van der Waals surface area contributed by atoms with Gasteiger partial charge in [-0.2, -0.15) is 0 Å². The molecule has 0 radical (unpaired) electrons. The van der Waals surface area contributed by atoms with Crippen molar-refractivity contribution >= 4 is 15.8 Å². The van der Waals surface area contributed by atoms with Crippen LogP contribution in [-0.2, 0) is 0 Å². The van der Waals surface area contributed by atoms with Crippen LogP contribution in [0.25, 0.3) is 0 Å². The highest BCUT2D eigenvalue weighted by atomic mass is 31.1. The molecule has 1 nitrogen and oxygen atoms in total. The summed E-state index contributed by atoms with van der Waals surface area (Å²) in [6.07, 6.45) is 3.57. The molecule has 1 N–H and O–H groups in total. The van der Waals surface area contributed by atoms with Crippen LogP contribution in [0.4, 0.5) is 0 Å². The minimum atomic E-state index is 0.0267. The van der Waals surface area contributed by atoms with Crippen molar-refractivity contribution in [2.24, 2.45) is 0 Å². The Hall–Kier alpha value is 0.400. The summed E-state index contributed by atoms with van der Waals surface area (Å²) < 4.78 is 0. The molecule has 0 aromatic heterocycles. The zero-order chi connectivity index (χ0) is 15.0.